The average molecular weight is 337 g/mol. The third kappa shape index (κ3) is 2.37. The summed E-state index contributed by atoms with van der Waals surface area (Å²) in [5.41, 5.74) is -0.186. The second-order valence-electron chi connectivity index (χ2n) is 3.00. The highest BCUT2D eigenvalue weighted by atomic mass is 127. The molecular weight excluding hydrogens is 325 g/mol. The average Bonchev–Trinajstić information content (AvgIpc) is 2.26. The maximum atomic E-state index is 11.8. The Morgan fingerprint density at radius 3 is 2.69 bits per heavy atom. The Balaban J connectivity index is 3.39. The van der Waals surface area contributed by atoms with E-state index in [0.29, 0.717) is 3.70 Å². The Morgan fingerprint density at radius 1 is 1.56 bits per heavy atom. The molecule has 5 nitrogen and oxygen atoms in total. The molecule has 0 aliphatic heterocycles. The number of carbonyl (C=O) groups excluding carboxylic acids is 1. The summed E-state index contributed by atoms with van der Waals surface area (Å²) >= 11 is 1.97. The molecule has 0 fully saturated rings. The maximum Gasteiger partial charge on any atom is 0.342 e. The lowest BCUT2D eigenvalue weighted by Crippen LogP contribution is -2.24. The predicted molar refractivity (Wildman–Crippen MR) is 66.9 cm³/mol. The molecule has 6 heteroatoms. The van der Waals surface area contributed by atoms with E-state index >= 15 is 0 Å². The molecule has 0 amide bonds. The number of aromatic nitrogens is 1. The molecular formula is C10H12INO4. The van der Waals surface area contributed by atoms with Crippen molar-refractivity contribution < 1.29 is 14.3 Å². The van der Waals surface area contributed by atoms with Crippen LogP contribution < -0.4 is 10.3 Å². The van der Waals surface area contributed by atoms with Crippen molar-refractivity contribution in [3.8, 4) is 5.75 Å². The molecule has 0 spiro atoms. The molecule has 16 heavy (non-hydrogen) atoms. The van der Waals surface area contributed by atoms with Crippen LogP contribution in [0.4, 0.5) is 0 Å². The molecule has 1 heterocycles. The van der Waals surface area contributed by atoms with Gasteiger partial charge in [0.1, 0.15) is 5.56 Å². The van der Waals surface area contributed by atoms with Crippen LogP contribution in [-0.4, -0.2) is 24.3 Å². The van der Waals surface area contributed by atoms with Gasteiger partial charge in [0.25, 0.3) is 5.56 Å². The summed E-state index contributed by atoms with van der Waals surface area (Å²) in [6, 6.07) is 1.57. The number of carbonyl (C=O) groups is 1. The van der Waals surface area contributed by atoms with Gasteiger partial charge in [-0.15, -0.1) is 0 Å². The highest BCUT2D eigenvalue weighted by Gasteiger charge is 2.19. The van der Waals surface area contributed by atoms with Crippen molar-refractivity contribution in [1.82, 2.24) is 4.57 Å². The fourth-order valence-electron chi connectivity index (χ4n) is 1.20. The number of ether oxygens (including phenoxy) is 2. The molecule has 0 saturated heterocycles. The van der Waals surface area contributed by atoms with Crippen LogP contribution in [0.2, 0.25) is 0 Å². The molecule has 0 saturated carbocycles. The van der Waals surface area contributed by atoms with Gasteiger partial charge in [0.15, 0.2) is 5.75 Å². The molecule has 0 atom stereocenters. The number of esters is 1. The molecule has 0 unspecified atom stereocenters. The second kappa shape index (κ2) is 5.33. The lowest BCUT2D eigenvalue weighted by molar-refractivity contribution is 0.0522. The minimum Gasteiger partial charge on any atom is -0.490 e. The molecule has 1 rings (SSSR count). The number of nitrogens with zero attached hydrogens (tertiary/aromatic N) is 1. The van der Waals surface area contributed by atoms with Crippen molar-refractivity contribution in [3.05, 3.63) is 25.7 Å². The van der Waals surface area contributed by atoms with Gasteiger partial charge in [-0.1, -0.05) is 0 Å². The summed E-state index contributed by atoms with van der Waals surface area (Å²) in [4.78, 5) is 23.4. The van der Waals surface area contributed by atoms with Crippen LogP contribution in [0.3, 0.4) is 0 Å². The smallest absolute Gasteiger partial charge is 0.342 e. The zero-order valence-corrected chi connectivity index (χ0v) is 11.4. The minimum absolute atomic E-state index is 0.0152. The standard InChI is InChI=1S/C10H12INO4/c1-4-16-10(14)6-5-7(11)12(2)9(13)8(6)15-3/h5H,4H2,1-3H3. The summed E-state index contributed by atoms with van der Waals surface area (Å²) < 4.78 is 11.8. The van der Waals surface area contributed by atoms with Crippen molar-refractivity contribution in [3.63, 3.8) is 0 Å². The zero-order valence-electron chi connectivity index (χ0n) is 9.24. The normalized spacial score (nSPS) is 10.0. The largest absolute Gasteiger partial charge is 0.490 e. The van der Waals surface area contributed by atoms with Gasteiger partial charge in [-0.25, -0.2) is 4.79 Å². The number of halogens is 1. The van der Waals surface area contributed by atoms with E-state index in [0.717, 1.165) is 0 Å². The third-order valence-electron chi connectivity index (χ3n) is 2.03. The highest BCUT2D eigenvalue weighted by Crippen LogP contribution is 2.16. The monoisotopic (exact) mass is 337 g/mol. The van der Waals surface area contributed by atoms with Crippen LogP contribution in [0.5, 0.6) is 5.75 Å². The molecule has 0 aliphatic carbocycles. The summed E-state index contributed by atoms with van der Waals surface area (Å²) in [7, 11) is 2.97. The van der Waals surface area contributed by atoms with Crippen LogP contribution >= 0.6 is 22.6 Å². The lowest BCUT2D eigenvalue weighted by Gasteiger charge is -2.10. The summed E-state index contributed by atoms with van der Waals surface area (Å²) in [5.74, 6) is -0.531. The Kier molecular flexibility index (Phi) is 4.34. The number of hydrogen-bond acceptors (Lipinski definition) is 4. The van der Waals surface area contributed by atoms with E-state index in [9.17, 15) is 9.59 Å². The van der Waals surface area contributed by atoms with Gasteiger partial charge in [0, 0.05) is 7.05 Å². The maximum absolute atomic E-state index is 11.8. The van der Waals surface area contributed by atoms with E-state index in [4.69, 9.17) is 9.47 Å². The molecule has 0 aromatic carbocycles. The van der Waals surface area contributed by atoms with Crippen LogP contribution in [0, 0.1) is 3.70 Å². The first kappa shape index (κ1) is 13.0. The van der Waals surface area contributed by atoms with Gasteiger partial charge in [-0.2, -0.15) is 0 Å². The molecule has 0 radical (unpaired) electrons. The SMILES string of the molecule is CCOC(=O)c1cc(I)n(C)c(=O)c1OC. The van der Waals surface area contributed by atoms with Crippen LogP contribution in [0.15, 0.2) is 10.9 Å². The topological polar surface area (TPSA) is 57.5 Å². The first-order valence-electron chi connectivity index (χ1n) is 4.63. The van der Waals surface area contributed by atoms with Gasteiger partial charge in [-0.3, -0.25) is 4.79 Å². The van der Waals surface area contributed by atoms with E-state index in [1.807, 2.05) is 22.6 Å². The quantitative estimate of drug-likeness (QED) is 0.472. The summed E-state index contributed by atoms with van der Waals surface area (Å²) in [5, 5.41) is 0. The van der Waals surface area contributed by atoms with Gasteiger partial charge in [0.2, 0.25) is 0 Å². The summed E-state index contributed by atoms with van der Waals surface area (Å²) in [6.45, 7) is 1.96. The lowest BCUT2D eigenvalue weighted by atomic mass is 10.2. The van der Waals surface area contributed by atoms with Crippen LogP contribution in [0.25, 0.3) is 0 Å². The van der Waals surface area contributed by atoms with Crippen molar-refractivity contribution in [1.29, 1.82) is 0 Å². The van der Waals surface area contributed by atoms with Gasteiger partial charge >= 0.3 is 5.97 Å². The first-order valence-corrected chi connectivity index (χ1v) is 5.71. The van der Waals surface area contributed by atoms with Gasteiger partial charge in [0.05, 0.1) is 17.4 Å². The van der Waals surface area contributed by atoms with E-state index in [2.05, 4.69) is 0 Å². The Labute approximate surface area is 106 Å². The Morgan fingerprint density at radius 2 is 2.19 bits per heavy atom. The van der Waals surface area contributed by atoms with Crippen LogP contribution in [0.1, 0.15) is 17.3 Å². The summed E-state index contributed by atoms with van der Waals surface area (Å²) in [6.07, 6.45) is 0. The third-order valence-corrected chi connectivity index (χ3v) is 3.06. The minimum atomic E-state index is -0.546. The first-order chi connectivity index (χ1) is 7.52. The van der Waals surface area contributed by atoms with Gasteiger partial charge in [-0.05, 0) is 35.6 Å². The zero-order chi connectivity index (χ0) is 12.3. The molecule has 0 N–H and O–H groups in total. The van der Waals surface area contributed by atoms with E-state index in [1.165, 1.54) is 11.7 Å². The fraction of sp³-hybridized carbons (Fsp3) is 0.400. The highest BCUT2D eigenvalue weighted by molar-refractivity contribution is 14.1. The van der Waals surface area contributed by atoms with Crippen LogP contribution in [-0.2, 0) is 11.8 Å². The van der Waals surface area contributed by atoms with Crippen molar-refractivity contribution in [2.24, 2.45) is 7.05 Å². The number of pyridine rings is 1. The molecule has 0 bridgehead atoms. The number of hydrogen-bond donors (Lipinski definition) is 0. The second-order valence-corrected chi connectivity index (χ2v) is 4.10. The molecule has 88 valence electrons. The molecule has 1 aromatic rings. The Hall–Kier alpha value is -1.05. The van der Waals surface area contributed by atoms with E-state index in [-0.39, 0.29) is 23.5 Å². The van der Waals surface area contributed by atoms with Crippen molar-refractivity contribution >= 4 is 28.6 Å². The molecule has 1 aromatic heterocycles. The van der Waals surface area contributed by atoms with Crippen molar-refractivity contribution in [2.45, 2.75) is 6.92 Å². The van der Waals surface area contributed by atoms with Gasteiger partial charge < -0.3 is 14.0 Å². The molecule has 0 aliphatic rings. The fourth-order valence-corrected chi connectivity index (χ4v) is 1.73. The van der Waals surface area contributed by atoms with E-state index < -0.39 is 5.97 Å². The van der Waals surface area contributed by atoms with E-state index in [1.54, 1.807) is 20.0 Å². The van der Waals surface area contributed by atoms with Crippen molar-refractivity contribution in [2.75, 3.05) is 13.7 Å². The number of rotatable bonds is 3. The number of methoxy groups -OCH3 is 1. The Bertz CT molecular complexity index is 467. The predicted octanol–water partition coefficient (Wildman–Crippen LogP) is 1.18.